The molecule has 1 saturated carbocycles. The summed E-state index contributed by atoms with van der Waals surface area (Å²) in [6.45, 7) is 12.6. The molecule has 1 aliphatic carbocycles. The summed E-state index contributed by atoms with van der Waals surface area (Å²) in [5, 5.41) is 3.51. The van der Waals surface area contributed by atoms with Crippen LogP contribution in [0.1, 0.15) is 64.6 Å². The third-order valence-corrected chi connectivity index (χ3v) is 8.12. The van der Waals surface area contributed by atoms with Crippen molar-refractivity contribution in [2.45, 2.75) is 71.4 Å². The Balaban J connectivity index is 1.18. The fraction of sp³-hybridized carbons (Fsp3) is 0.621. The van der Waals surface area contributed by atoms with Crippen LogP contribution in [0.4, 0.5) is 15.3 Å². The van der Waals surface area contributed by atoms with E-state index in [4.69, 9.17) is 4.74 Å². The van der Waals surface area contributed by atoms with E-state index >= 15 is 0 Å². The zero-order chi connectivity index (χ0) is 27.0. The van der Waals surface area contributed by atoms with Crippen molar-refractivity contribution < 1.29 is 19.1 Å². The summed E-state index contributed by atoms with van der Waals surface area (Å²) >= 11 is 0. The first-order chi connectivity index (χ1) is 18.1. The Morgan fingerprint density at radius 2 is 1.74 bits per heavy atom. The van der Waals surface area contributed by atoms with Gasteiger partial charge < -0.3 is 14.2 Å². The van der Waals surface area contributed by atoms with Crippen LogP contribution in [0, 0.1) is 12.8 Å². The molecule has 206 valence electrons. The van der Waals surface area contributed by atoms with E-state index in [2.05, 4.69) is 33.8 Å². The van der Waals surface area contributed by atoms with Crippen LogP contribution in [0.2, 0.25) is 0 Å². The summed E-state index contributed by atoms with van der Waals surface area (Å²) in [6, 6.07) is 8.42. The number of piperazine rings is 1. The minimum absolute atomic E-state index is 0.204. The number of carbonyl (C=O) groups is 3. The average molecular weight is 524 g/mol. The van der Waals surface area contributed by atoms with Gasteiger partial charge in [-0.2, -0.15) is 0 Å². The lowest BCUT2D eigenvalue weighted by atomic mass is 9.85. The van der Waals surface area contributed by atoms with Crippen molar-refractivity contribution in [2.24, 2.45) is 5.92 Å². The van der Waals surface area contributed by atoms with E-state index in [1.54, 1.807) is 4.90 Å². The van der Waals surface area contributed by atoms with Crippen molar-refractivity contribution in [3.05, 3.63) is 30.0 Å². The monoisotopic (exact) mass is 523 g/mol. The van der Waals surface area contributed by atoms with Crippen molar-refractivity contribution in [3.8, 4) is 0 Å². The minimum atomic E-state index is -0.458. The number of imide groups is 1. The highest BCUT2D eigenvalue weighted by atomic mass is 16.6. The first-order valence-corrected chi connectivity index (χ1v) is 14.0. The van der Waals surface area contributed by atoms with Gasteiger partial charge in [-0.1, -0.05) is 6.07 Å². The Kier molecular flexibility index (Phi) is 7.40. The van der Waals surface area contributed by atoms with Gasteiger partial charge in [-0.25, -0.2) is 9.59 Å². The number of hydrogen-bond acceptors (Lipinski definition) is 5. The second kappa shape index (κ2) is 10.6. The van der Waals surface area contributed by atoms with E-state index in [9.17, 15) is 14.4 Å². The molecule has 9 heteroatoms. The lowest BCUT2D eigenvalue weighted by molar-refractivity contribution is -0.120. The van der Waals surface area contributed by atoms with Crippen molar-refractivity contribution >= 4 is 34.6 Å². The van der Waals surface area contributed by atoms with Crippen LogP contribution in [-0.4, -0.2) is 77.3 Å². The largest absolute Gasteiger partial charge is 0.444 e. The van der Waals surface area contributed by atoms with Gasteiger partial charge in [0, 0.05) is 62.8 Å². The molecular weight excluding hydrogens is 482 g/mol. The van der Waals surface area contributed by atoms with Crippen LogP contribution >= 0.6 is 0 Å². The molecular formula is C29H41N5O4. The number of amides is 4. The maximum Gasteiger partial charge on any atom is 0.410 e. The standard InChI is InChI=1S/C29H41N5O4/c1-20-18-23-24(33-13-12-26(35)30-27(33)36)6-5-7-25(23)34(20)22-10-8-21(9-11-22)19-31-14-16-32(17-15-31)28(37)38-29(2,3)4/h5-7,18,21-22H,8-17,19H2,1-4H3,(H,30,35,36). The van der Waals surface area contributed by atoms with Crippen LogP contribution in [-0.2, 0) is 9.53 Å². The zero-order valence-electron chi connectivity index (χ0n) is 23.2. The Morgan fingerprint density at radius 3 is 2.39 bits per heavy atom. The Bertz CT molecular complexity index is 1200. The number of nitrogens with one attached hydrogen (secondary N) is 1. The highest BCUT2D eigenvalue weighted by Crippen LogP contribution is 2.39. The number of ether oxygens (including phenoxy) is 1. The van der Waals surface area contributed by atoms with Gasteiger partial charge in [0.15, 0.2) is 0 Å². The van der Waals surface area contributed by atoms with E-state index in [0.717, 1.165) is 62.2 Å². The molecule has 0 unspecified atom stereocenters. The van der Waals surface area contributed by atoms with Crippen molar-refractivity contribution in [1.29, 1.82) is 0 Å². The highest BCUT2D eigenvalue weighted by Gasteiger charge is 2.31. The molecule has 2 aliphatic heterocycles. The number of anilines is 1. The zero-order valence-corrected chi connectivity index (χ0v) is 23.2. The van der Waals surface area contributed by atoms with Gasteiger partial charge in [0.2, 0.25) is 5.91 Å². The number of aryl methyl sites for hydroxylation is 1. The summed E-state index contributed by atoms with van der Waals surface area (Å²) in [6.07, 6.45) is 4.76. The number of urea groups is 1. The molecule has 4 amide bonds. The minimum Gasteiger partial charge on any atom is -0.444 e. The first kappa shape index (κ1) is 26.5. The summed E-state index contributed by atoms with van der Waals surface area (Å²) in [5.74, 6) is 0.459. The Hall–Kier alpha value is -3.07. The van der Waals surface area contributed by atoms with Crippen LogP contribution in [0.25, 0.3) is 10.9 Å². The summed E-state index contributed by atoms with van der Waals surface area (Å²) in [5.41, 5.74) is 2.78. The molecule has 3 heterocycles. The van der Waals surface area contributed by atoms with E-state index in [1.807, 2.05) is 37.8 Å². The van der Waals surface area contributed by atoms with Crippen molar-refractivity contribution in [1.82, 2.24) is 19.7 Å². The topological polar surface area (TPSA) is 87.1 Å². The molecule has 9 nitrogen and oxygen atoms in total. The van der Waals surface area contributed by atoms with Crippen molar-refractivity contribution in [3.63, 3.8) is 0 Å². The number of hydrogen-bond donors (Lipinski definition) is 1. The lowest BCUT2D eigenvalue weighted by Gasteiger charge is -2.38. The van der Waals surface area contributed by atoms with Crippen molar-refractivity contribution in [2.75, 3.05) is 44.2 Å². The quantitative estimate of drug-likeness (QED) is 0.629. The number of carbonyl (C=O) groups excluding carboxylic acids is 3. The van der Waals surface area contributed by atoms with Crippen LogP contribution in [0.15, 0.2) is 24.3 Å². The van der Waals surface area contributed by atoms with Crippen LogP contribution in [0.5, 0.6) is 0 Å². The van der Waals surface area contributed by atoms with Gasteiger partial charge in [0.05, 0.1) is 11.2 Å². The average Bonchev–Trinajstić information content (AvgIpc) is 3.20. The molecule has 1 aromatic carbocycles. The number of aromatic nitrogens is 1. The molecule has 5 rings (SSSR count). The van der Waals surface area contributed by atoms with Gasteiger partial charge >= 0.3 is 12.1 Å². The number of nitrogens with zero attached hydrogens (tertiary/aromatic N) is 4. The fourth-order valence-electron chi connectivity index (χ4n) is 6.27. The van der Waals surface area contributed by atoms with E-state index in [0.29, 0.717) is 24.9 Å². The van der Waals surface area contributed by atoms with Crippen LogP contribution < -0.4 is 10.2 Å². The molecule has 2 saturated heterocycles. The summed E-state index contributed by atoms with van der Waals surface area (Å²) in [7, 11) is 0. The van der Waals surface area contributed by atoms with Gasteiger partial charge in [-0.3, -0.25) is 19.9 Å². The molecule has 2 aromatic rings. The van der Waals surface area contributed by atoms with Gasteiger partial charge in [-0.15, -0.1) is 0 Å². The third kappa shape index (κ3) is 5.67. The second-order valence-electron chi connectivity index (χ2n) is 12.1. The molecule has 3 aliphatic rings. The summed E-state index contributed by atoms with van der Waals surface area (Å²) < 4.78 is 7.99. The van der Waals surface area contributed by atoms with E-state index < -0.39 is 5.60 Å². The number of benzene rings is 1. The van der Waals surface area contributed by atoms with Gasteiger partial charge in [0.25, 0.3) is 0 Å². The molecule has 0 bridgehead atoms. The predicted octanol–water partition coefficient (Wildman–Crippen LogP) is 4.68. The Morgan fingerprint density at radius 1 is 1.03 bits per heavy atom. The summed E-state index contributed by atoms with van der Waals surface area (Å²) in [4.78, 5) is 42.5. The fourth-order valence-corrected chi connectivity index (χ4v) is 6.27. The Labute approximate surface area is 225 Å². The highest BCUT2D eigenvalue weighted by molar-refractivity contribution is 6.09. The van der Waals surface area contributed by atoms with Gasteiger partial charge in [0.1, 0.15) is 5.60 Å². The molecule has 1 aromatic heterocycles. The number of rotatable bonds is 4. The lowest BCUT2D eigenvalue weighted by Crippen LogP contribution is -2.51. The SMILES string of the molecule is Cc1cc2c(N3CCC(=O)NC3=O)cccc2n1C1CCC(CN2CCN(C(=O)OC(C)(C)C)CC2)CC1. The molecule has 0 radical (unpaired) electrons. The molecule has 1 N–H and O–H groups in total. The first-order valence-electron chi connectivity index (χ1n) is 14.0. The smallest absolute Gasteiger partial charge is 0.410 e. The van der Waals surface area contributed by atoms with Gasteiger partial charge in [-0.05, 0) is 77.5 Å². The van der Waals surface area contributed by atoms with Crippen LogP contribution in [0.3, 0.4) is 0 Å². The molecule has 3 fully saturated rings. The molecule has 0 atom stereocenters. The maximum absolute atomic E-state index is 12.5. The van der Waals surface area contributed by atoms with E-state index in [1.165, 1.54) is 18.5 Å². The third-order valence-electron chi connectivity index (χ3n) is 8.12. The second-order valence-corrected chi connectivity index (χ2v) is 12.1. The normalized spacial score (nSPS) is 23.6. The maximum atomic E-state index is 12.5. The molecule has 0 spiro atoms. The predicted molar refractivity (Wildman–Crippen MR) is 147 cm³/mol. The van der Waals surface area contributed by atoms with E-state index in [-0.39, 0.29) is 18.0 Å². The molecule has 38 heavy (non-hydrogen) atoms. The number of fused-ring (bicyclic) bond motifs is 1.